The summed E-state index contributed by atoms with van der Waals surface area (Å²) in [5.74, 6) is -0.607. The molecule has 1 rings (SSSR count). The molecule has 0 saturated heterocycles. The maximum atomic E-state index is 13.2. The van der Waals surface area contributed by atoms with Gasteiger partial charge >= 0.3 is 0 Å². The van der Waals surface area contributed by atoms with E-state index < -0.39 is 0 Å². The van der Waals surface area contributed by atoms with Crippen LogP contribution in [0.25, 0.3) is 0 Å². The predicted molar refractivity (Wildman–Crippen MR) is 60.8 cm³/mol. The minimum absolute atomic E-state index is 0.134. The van der Waals surface area contributed by atoms with E-state index >= 15 is 0 Å². The van der Waals surface area contributed by atoms with Crippen LogP contribution >= 0.6 is 15.9 Å². The second kappa shape index (κ2) is 6.23. The van der Waals surface area contributed by atoms with Crippen LogP contribution in [0.4, 0.5) is 4.39 Å². The van der Waals surface area contributed by atoms with Gasteiger partial charge in [0.05, 0.1) is 6.07 Å². The Morgan fingerprint density at radius 3 is 3.00 bits per heavy atom. The van der Waals surface area contributed by atoms with Gasteiger partial charge in [-0.2, -0.15) is 5.26 Å². The first-order chi connectivity index (χ1) is 7.63. The zero-order chi connectivity index (χ0) is 12.0. The molecule has 0 saturated carbocycles. The second-order valence-corrected chi connectivity index (χ2v) is 4.09. The van der Waals surface area contributed by atoms with Gasteiger partial charge in [-0.05, 0) is 18.2 Å². The van der Waals surface area contributed by atoms with Crippen molar-refractivity contribution in [2.75, 3.05) is 0 Å². The molecule has 0 spiro atoms. The van der Waals surface area contributed by atoms with Crippen molar-refractivity contribution in [3.05, 3.63) is 34.1 Å². The van der Waals surface area contributed by atoms with Gasteiger partial charge < -0.3 is 5.32 Å². The fraction of sp³-hybridized carbons (Fsp3) is 0.273. The van der Waals surface area contributed by atoms with Crippen molar-refractivity contribution in [3.63, 3.8) is 0 Å². The Morgan fingerprint density at radius 2 is 2.31 bits per heavy atom. The van der Waals surface area contributed by atoms with Gasteiger partial charge in [-0.15, -0.1) is 0 Å². The molecule has 0 fully saturated rings. The van der Waals surface area contributed by atoms with Crippen LogP contribution in [-0.4, -0.2) is 5.91 Å². The van der Waals surface area contributed by atoms with Crippen molar-refractivity contribution in [1.82, 2.24) is 5.32 Å². The highest BCUT2D eigenvalue weighted by atomic mass is 79.9. The number of carbonyl (C=O) groups is 1. The molecule has 0 aliphatic rings. The van der Waals surface area contributed by atoms with Crippen LogP contribution in [0.5, 0.6) is 0 Å². The number of carbonyl (C=O) groups excluding carboxylic acids is 1. The smallest absolute Gasteiger partial charge is 0.221 e. The minimum Gasteiger partial charge on any atom is -0.352 e. The van der Waals surface area contributed by atoms with Gasteiger partial charge in [0.25, 0.3) is 0 Å². The Bertz CT molecular complexity index is 428. The van der Waals surface area contributed by atoms with E-state index in [-0.39, 0.29) is 31.1 Å². The van der Waals surface area contributed by atoms with Gasteiger partial charge in [0.2, 0.25) is 5.91 Å². The standard InChI is InChI=1S/C11H10BrFN2O/c12-9-3-4-10(13)8(6-9)7-15-11(16)2-1-5-14/h3-4,6H,1-2,7H2,(H,15,16). The third kappa shape index (κ3) is 3.99. The van der Waals surface area contributed by atoms with Gasteiger partial charge in [0, 0.05) is 29.4 Å². The number of benzene rings is 1. The molecule has 0 atom stereocenters. The van der Waals surface area contributed by atoms with E-state index in [0.717, 1.165) is 4.47 Å². The van der Waals surface area contributed by atoms with Crippen molar-refractivity contribution in [1.29, 1.82) is 5.26 Å². The summed E-state index contributed by atoms with van der Waals surface area (Å²) in [6.07, 6.45) is 0.318. The van der Waals surface area contributed by atoms with Crippen molar-refractivity contribution < 1.29 is 9.18 Å². The first-order valence-electron chi connectivity index (χ1n) is 4.71. The van der Waals surface area contributed by atoms with Gasteiger partial charge in [-0.3, -0.25) is 4.79 Å². The Morgan fingerprint density at radius 1 is 1.56 bits per heavy atom. The van der Waals surface area contributed by atoms with Crippen molar-refractivity contribution in [2.45, 2.75) is 19.4 Å². The number of hydrogen-bond donors (Lipinski definition) is 1. The van der Waals surface area contributed by atoms with Crippen molar-refractivity contribution >= 4 is 21.8 Å². The number of amides is 1. The Hall–Kier alpha value is -1.41. The predicted octanol–water partition coefficient (Wildman–Crippen LogP) is 2.51. The van der Waals surface area contributed by atoms with Crippen molar-refractivity contribution in [3.8, 4) is 6.07 Å². The number of nitrogens with one attached hydrogen (secondary N) is 1. The molecule has 0 bridgehead atoms. The lowest BCUT2D eigenvalue weighted by molar-refractivity contribution is -0.121. The summed E-state index contributed by atoms with van der Waals surface area (Å²) in [6, 6.07) is 6.41. The zero-order valence-corrected chi connectivity index (χ0v) is 10.1. The van der Waals surface area contributed by atoms with Crippen LogP contribution < -0.4 is 5.32 Å². The molecular weight excluding hydrogens is 275 g/mol. The van der Waals surface area contributed by atoms with Gasteiger partial charge in [0.1, 0.15) is 5.82 Å². The maximum absolute atomic E-state index is 13.2. The monoisotopic (exact) mass is 284 g/mol. The summed E-state index contributed by atoms with van der Waals surface area (Å²) >= 11 is 3.22. The lowest BCUT2D eigenvalue weighted by atomic mass is 10.2. The average molecular weight is 285 g/mol. The first-order valence-corrected chi connectivity index (χ1v) is 5.50. The topological polar surface area (TPSA) is 52.9 Å². The fourth-order valence-corrected chi connectivity index (χ4v) is 1.54. The number of rotatable bonds is 4. The molecule has 0 aliphatic carbocycles. The van der Waals surface area contributed by atoms with Crippen LogP contribution in [-0.2, 0) is 11.3 Å². The van der Waals surface area contributed by atoms with Gasteiger partial charge in [0.15, 0.2) is 0 Å². The SMILES string of the molecule is N#CCCC(=O)NCc1cc(Br)ccc1F. The Kier molecular flexibility index (Phi) is 4.93. The number of halogens is 2. The summed E-state index contributed by atoms with van der Waals surface area (Å²) in [5.41, 5.74) is 0.416. The molecule has 0 aliphatic heterocycles. The third-order valence-electron chi connectivity index (χ3n) is 1.95. The van der Waals surface area contributed by atoms with Gasteiger partial charge in [-0.25, -0.2) is 4.39 Å². The largest absolute Gasteiger partial charge is 0.352 e. The lowest BCUT2D eigenvalue weighted by Crippen LogP contribution is -2.22. The van der Waals surface area contributed by atoms with E-state index in [4.69, 9.17) is 5.26 Å². The highest BCUT2D eigenvalue weighted by Crippen LogP contribution is 2.15. The summed E-state index contributed by atoms with van der Waals surface area (Å²) in [5, 5.41) is 10.8. The van der Waals surface area contributed by atoms with Crippen LogP contribution in [0.15, 0.2) is 22.7 Å². The van der Waals surface area contributed by atoms with Gasteiger partial charge in [-0.1, -0.05) is 15.9 Å². The van der Waals surface area contributed by atoms with E-state index in [1.54, 1.807) is 12.1 Å². The Balaban J connectivity index is 2.51. The molecule has 5 heteroatoms. The first kappa shape index (κ1) is 12.7. The van der Waals surface area contributed by atoms with Crippen LogP contribution in [0, 0.1) is 17.1 Å². The molecule has 1 N–H and O–H groups in total. The van der Waals surface area contributed by atoms with E-state index in [0.29, 0.717) is 5.56 Å². The lowest BCUT2D eigenvalue weighted by Gasteiger charge is -2.05. The molecule has 16 heavy (non-hydrogen) atoms. The normalized spacial score (nSPS) is 9.56. The average Bonchev–Trinajstić information content (AvgIpc) is 2.27. The minimum atomic E-state index is -0.358. The molecule has 0 heterocycles. The molecule has 84 valence electrons. The Labute approximate surface area is 101 Å². The highest BCUT2D eigenvalue weighted by Gasteiger charge is 2.05. The van der Waals surface area contributed by atoms with Crippen LogP contribution in [0.2, 0.25) is 0 Å². The third-order valence-corrected chi connectivity index (χ3v) is 2.44. The van der Waals surface area contributed by atoms with E-state index in [2.05, 4.69) is 21.2 Å². The van der Waals surface area contributed by atoms with E-state index in [1.165, 1.54) is 6.07 Å². The van der Waals surface area contributed by atoms with E-state index in [9.17, 15) is 9.18 Å². The van der Waals surface area contributed by atoms with Crippen LogP contribution in [0.3, 0.4) is 0 Å². The molecular formula is C11H10BrFN2O. The number of nitriles is 1. The van der Waals surface area contributed by atoms with Crippen molar-refractivity contribution in [2.24, 2.45) is 0 Å². The number of hydrogen-bond acceptors (Lipinski definition) is 2. The molecule has 0 unspecified atom stereocenters. The molecule has 0 radical (unpaired) electrons. The number of nitrogens with zero attached hydrogens (tertiary/aromatic N) is 1. The summed E-state index contributed by atoms with van der Waals surface area (Å²) < 4.78 is 14.0. The zero-order valence-electron chi connectivity index (χ0n) is 8.46. The molecule has 1 aromatic rings. The summed E-state index contributed by atoms with van der Waals surface area (Å²) in [7, 11) is 0. The fourth-order valence-electron chi connectivity index (χ4n) is 1.13. The van der Waals surface area contributed by atoms with E-state index in [1.807, 2.05) is 6.07 Å². The summed E-state index contributed by atoms with van der Waals surface area (Å²) in [4.78, 5) is 11.2. The van der Waals surface area contributed by atoms with Crippen LogP contribution in [0.1, 0.15) is 18.4 Å². The molecule has 3 nitrogen and oxygen atoms in total. The highest BCUT2D eigenvalue weighted by molar-refractivity contribution is 9.10. The molecule has 0 aromatic heterocycles. The molecule has 1 amide bonds. The quantitative estimate of drug-likeness (QED) is 0.924. The maximum Gasteiger partial charge on any atom is 0.221 e. The molecule has 1 aromatic carbocycles. The second-order valence-electron chi connectivity index (χ2n) is 3.17. The summed E-state index contributed by atoms with van der Waals surface area (Å²) in [6.45, 7) is 0.134.